The molecule has 1 fully saturated rings. The molecule has 39 heavy (non-hydrogen) atoms. The van der Waals surface area contributed by atoms with E-state index in [0.717, 1.165) is 28.1 Å². The van der Waals surface area contributed by atoms with E-state index in [4.69, 9.17) is 4.74 Å². The number of hydrogen-bond acceptors (Lipinski definition) is 3. The Hall–Kier alpha value is -4.08. The fourth-order valence-corrected chi connectivity index (χ4v) is 8.37. The van der Waals surface area contributed by atoms with Gasteiger partial charge in [0.25, 0.3) is 7.44 Å². The van der Waals surface area contributed by atoms with Crippen LogP contribution in [0.3, 0.4) is 0 Å². The molecule has 6 heteroatoms. The van der Waals surface area contributed by atoms with Crippen molar-refractivity contribution in [3.05, 3.63) is 133 Å². The van der Waals surface area contributed by atoms with Crippen molar-refractivity contribution < 1.29 is 14.1 Å². The van der Waals surface area contributed by atoms with Crippen LogP contribution in [0, 0.1) is 5.92 Å². The number of carbonyl (C=O) groups excluding carboxylic acids is 1. The smallest absolute Gasteiger partial charge is 0.314 e. The van der Waals surface area contributed by atoms with Crippen molar-refractivity contribution in [1.29, 1.82) is 0 Å². The first-order valence-electron chi connectivity index (χ1n) is 13.3. The molecular weight excluding hydrogens is 503 g/mol. The fourth-order valence-electron chi connectivity index (χ4n) is 5.27. The Kier molecular flexibility index (Phi) is 7.99. The summed E-state index contributed by atoms with van der Waals surface area (Å²) in [6, 6.07) is 37.6. The zero-order chi connectivity index (χ0) is 27.2. The van der Waals surface area contributed by atoms with E-state index in [2.05, 4.69) is 24.8 Å². The molecule has 0 bridgehead atoms. The minimum absolute atomic E-state index is 0.234. The van der Waals surface area contributed by atoms with Gasteiger partial charge in [0, 0.05) is 29.8 Å². The average Bonchev–Trinajstić information content (AvgIpc) is 3.35. The highest BCUT2D eigenvalue weighted by atomic mass is 31.2. The Morgan fingerprint density at radius 2 is 1.28 bits per heavy atom. The van der Waals surface area contributed by atoms with Crippen LogP contribution >= 0.6 is 7.44 Å². The van der Waals surface area contributed by atoms with Crippen LogP contribution < -0.4 is 9.34 Å². The van der Waals surface area contributed by atoms with Crippen molar-refractivity contribution in [3.8, 4) is 11.1 Å². The molecule has 0 spiro atoms. The maximum absolute atomic E-state index is 15.4. The Morgan fingerprint density at radius 3 is 1.82 bits per heavy atom. The van der Waals surface area contributed by atoms with Gasteiger partial charge in [-0.2, -0.15) is 0 Å². The number of carbonyl (C=O) groups is 1. The molecule has 4 aromatic carbocycles. The molecule has 0 aromatic heterocycles. The Bertz CT molecular complexity index is 1420. The number of rotatable bonds is 9. The predicted octanol–water partition coefficient (Wildman–Crippen LogP) is 7.81. The summed E-state index contributed by atoms with van der Waals surface area (Å²) in [5.74, 6) is -1.20. The van der Waals surface area contributed by atoms with Crippen molar-refractivity contribution in [3.63, 3.8) is 0 Å². The van der Waals surface area contributed by atoms with E-state index >= 15 is 4.57 Å². The van der Waals surface area contributed by atoms with E-state index in [1.165, 1.54) is 0 Å². The first-order chi connectivity index (χ1) is 19.0. The summed E-state index contributed by atoms with van der Waals surface area (Å²) >= 11 is 0. The molecule has 0 aliphatic carbocycles. The molecular formula is C33H33N2O3P. The van der Waals surface area contributed by atoms with Crippen molar-refractivity contribution in [2.75, 3.05) is 29.0 Å². The van der Waals surface area contributed by atoms with Gasteiger partial charge in [-0.1, -0.05) is 97.6 Å². The van der Waals surface area contributed by atoms with Crippen molar-refractivity contribution in [1.82, 2.24) is 0 Å². The standard InChI is InChI=1S/C33H33N2O3P/c1-3-38-33(36)32(25-28-17-13-14-22-31(28)27-15-7-4-8-16-27)26(2)39(37)34(29-18-9-5-10-19-29)23-24-35(39)30-20-11-6-12-21-30/h4-22,32H,2-3,23-25H2,1H3. The largest absolute Gasteiger partial charge is 0.466 e. The third kappa shape index (κ3) is 5.28. The van der Waals surface area contributed by atoms with Crippen LogP contribution in [-0.4, -0.2) is 25.7 Å². The summed E-state index contributed by atoms with van der Waals surface area (Å²) in [5, 5.41) is 0.383. The summed E-state index contributed by atoms with van der Waals surface area (Å²) in [7, 11) is -3.51. The van der Waals surface area contributed by atoms with Gasteiger partial charge in [-0.15, -0.1) is 0 Å². The van der Waals surface area contributed by atoms with Gasteiger partial charge >= 0.3 is 5.97 Å². The van der Waals surface area contributed by atoms with Crippen LogP contribution in [0.25, 0.3) is 11.1 Å². The Morgan fingerprint density at radius 1 is 0.795 bits per heavy atom. The lowest BCUT2D eigenvalue weighted by Gasteiger charge is -2.36. The minimum atomic E-state index is -3.51. The normalized spacial score (nSPS) is 15.1. The van der Waals surface area contributed by atoms with Crippen LogP contribution in [0.2, 0.25) is 0 Å². The molecule has 1 saturated heterocycles. The quantitative estimate of drug-likeness (QED) is 0.161. The number of para-hydroxylation sites is 2. The Balaban J connectivity index is 1.60. The van der Waals surface area contributed by atoms with Gasteiger partial charge in [-0.3, -0.25) is 9.36 Å². The average molecular weight is 537 g/mol. The number of hydrogen-bond donors (Lipinski definition) is 0. The third-order valence-electron chi connectivity index (χ3n) is 7.16. The predicted molar refractivity (Wildman–Crippen MR) is 160 cm³/mol. The van der Waals surface area contributed by atoms with Crippen LogP contribution in [0.1, 0.15) is 12.5 Å². The van der Waals surface area contributed by atoms with E-state index < -0.39 is 19.3 Å². The van der Waals surface area contributed by atoms with E-state index in [9.17, 15) is 4.79 Å². The van der Waals surface area contributed by atoms with Crippen LogP contribution in [0.4, 0.5) is 11.4 Å². The van der Waals surface area contributed by atoms with Crippen LogP contribution in [0.5, 0.6) is 0 Å². The summed E-state index contributed by atoms with van der Waals surface area (Å²) in [6.45, 7) is 7.53. The number of esters is 1. The van der Waals surface area contributed by atoms with Gasteiger partial charge in [0.1, 0.15) is 0 Å². The zero-order valence-electron chi connectivity index (χ0n) is 22.1. The van der Waals surface area contributed by atoms with E-state index in [-0.39, 0.29) is 6.61 Å². The molecule has 0 radical (unpaired) electrons. The highest BCUT2D eigenvalue weighted by Gasteiger charge is 2.49. The lowest BCUT2D eigenvalue weighted by molar-refractivity contribution is -0.146. The molecule has 4 aromatic rings. The molecule has 0 N–H and O–H groups in total. The zero-order valence-corrected chi connectivity index (χ0v) is 23.0. The first-order valence-corrected chi connectivity index (χ1v) is 14.9. The molecule has 198 valence electrons. The van der Waals surface area contributed by atoms with Crippen molar-refractivity contribution in [2.45, 2.75) is 13.3 Å². The topological polar surface area (TPSA) is 49.9 Å². The highest BCUT2D eigenvalue weighted by molar-refractivity contribution is 7.71. The van der Waals surface area contributed by atoms with Crippen molar-refractivity contribution >= 4 is 24.8 Å². The van der Waals surface area contributed by atoms with E-state index in [1.54, 1.807) is 6.92 Å². The molecule has 5 rings (SSSR count). The first kappa shape index (κ1) is 26.5. The lowest BCUT2D eigenvalue weighted by atomic mass is 9.92. The second-order valence-electron chi connectivity index (χ2n) is 9.48. The minimum Gasteiger partial charge on any atom is -0.466 e. The van der Waals surface area contributed by atoms with Gasteiger partial charge in [0.05, 0.1) is 12.5 Å². The number of benzene rings is 4. The molecule has 0 amide bonds. The second kappa shape index (κ2) is 11.8. The molecule has 5 nitrogen and oxygen atoms in total. The molecule has 1 atom stereocenters. The summed E-state index contributed by atoms with van der Waals surface area (Å²) < 4.78 is 24.8. The van der Waals surface area contributed by atoms with Crippen molar-refractivity contribution in [2.24, 2.45) is 5.92 Å². The molecule has 1 unspecified atom stereocenters. The highest BCUT2D eigenvalue weighted by Crippen LogP contribution is 2.67. The Labute approximate surface area is 230 Å². The van der Waals surface area contributed by atoms with Gasteiger partial charge in [-0.25, -0.2) is 0 Å². The molecule has 1 heterocycles. The van der Waals surface area contributed by atoms with Crippen LogP contribution in [-0.2, 0) is 20.5 Å². The maximum Gasteiger partial charge on any atom is 0.314 e. The molecule has 0 saturated carbocycles. The second-order valence-corrected chi connectivity index (χ2v) is 12.1. The monoisotopic (exact) mass is 536 g/mol. The SMILES string of the molecule is C=C(C(Cc1ccccc1-c1ccccc1)C(=O)OCC)P1(=O)N(c2ccccc2)CCN1c1ccccc1. The summed E-state index contributed by atoms with van der Waals surface area (Å²) in [4.78, 5) is 13.6. The fraction of sp³-hybridized carbons (Fsp3) is 0.182. The van der Waals surface area contributed by atoms with Gasteiger partial charge in [0.15, 0.2) is 0 Å². The molecule has 1 aliphatic heterocycles. The van der Waals surface area contributed by atoms with E-state index in [1.807, 2.05) is 106 Å². The summed E-state index contributed by atoms with van der Waals surface area (Å²) in [5.41, 5.74) is 4.75. The molecule has 1 aliphatic rings. The number of anilines is 2. The van der Waals surface area contributed by atoms with Gasteiger partial charge in [0.2, 0.25) is 0 Å². The lowest BCUT2D eigenvalue weighted by Crippen LogP contribution is -2.28. The van der Waals surface area contributed by atoms with Gasteiger partial charge < -0.3 is 14.1 Å². The van der Waals surface area contributed by atoms with Crippen LogP contribution in [0.15, 0.2) is 127 Å². The third-order valence-corrected chi connectivity index (χ3v) is 10.4. The van der Waals surface area contributed by atoms with E-state index in [0.29, 0.717) is 24.8 Å². The number of ether oxygens (including phenoxy) is 1. The number of nitrogens with zero attached hydrogens (tertiary/aromatic N) is 2. The van der Waals surface area contributed by atoms with Gasteiger partial charge in [-0.05, 0) is 54.3 Å². The summed E-state index contributed by atoms with van der Waals surface area (Å²) in [6.07, 6.45) is 0.331. The maximum atomic E-state index is 15.4.